The van der Waals surface area contributed by atoms with Gasteiger partial charge in [-0.25, -0.2) is 4.79 Å². The van der Waals surface area contributed by atoms with Crippen molar-refractivity contribution in [3.8, 4) is 5.75 Å². The van der Waals surface area contributed by atoms with Crippen LogP contribution in [-0.4, -0.2) is 63.5 Å². The number of morpholine rings is 1. The van der Waals surface area contributed by atoms with Crippen LogP contribution in [0, 0.1) is 0 Å². The average molecular weight is 349 g/mol. The van der Waals surface area contributed by atoms with E-state index in [0.717, 1.165) is 57.9 Å². The van der Waals surface area contributed by atoms with Gasteiger partial charge in [-0.1, -0.05) is 12.1 Å². The van der Waals surface area contributed by atoms with E-state index in [0.29, 0.717) is 6.54 Å². The van der Waals surface area contributed by atoms with Gasteiger partial charge < -0.3 is 20.1 Å². The Morgan fingerprint density at radius 3 is 2.68 bits per heavy atom. The molecule has 0 bridgehead atoms. The Kier molecular flexibility index (Phi) is 8.55. The third-order valence-electron chi connectivity index (χ3n) is 4.44. The number of urea groups is 1. The number of carbonyl (C=O) groups is 1. The summed E-state index contributed by atoms with van der Waals surface area (Å²) in [7, 11) is 1.67. The van der Waals surface area contributed by atoms with E-state index < -0.39 is 0 Å². The molecule has 0 saturated carbocycles. The number of rotatable bonds is 9. The third kappa shape index (κ3) is 7.75. The Hall–Kier alpha value is -1.79. The first-order chi connectivity index (χ1) is 12.2. The SMILES string of the molecule is COc1ccc(CCC(C)NC(=O)NCCCN2CCOCC2)cc1. The molecule has 2 amide bonds. The predicted molar refractivity (Wildman–Crippen MR) is 99.2 cm³/mol. The van der Waals surface area contributed by atoms with Crippen molar-refractivity contribution < 1.29 is 14.3 Å². The molecule has 1 aromatic carbocycles. The highest BCUT2D eigenvalue weighted by atomic mass is 16.5. The van der Waals surface area contributed by atoms with Gasteiger partial charge in [-0.15, -0.1) is 0 Å². The second-order valence-corrected chi connectivity index (χ2v) is 6.50. The quantitative estimate of drug-likeness (QED) is 0.670. The molecule has 1 atom stereocenters. The lowest BCUT2D eigenvalue weighted by Crippen LogP contribution is -2.42. The van der Waals surface area contributed by atoms with Crippen LogP contribution >= 0.6 is 0 Å². The van der Waals surface area contributed by atoms with Crippen LogP contribution in [0.3, 0.4) is 0 Å². The summed E-state index contributed by atoms with van der Waals surface area (Å²) in [6.45, 7) is 7.38. The highest BCUT2D eigenvalue weighted by molar-refractivity contribution is 5.74. The van der Waals surface area contributed by atoms with Gasteiger partial charge in [0.2, 0.25) is 0 Å². The molecule has 1 fully saturated rings. The zero-order chi connectivity index (χ0) is 17.9. The second kappa shape index (κ2) is 10.9. The molecule has 1 heterocycles. The maximum Gasteiger partial charge on any atom is 0.314 e. The molecule has 6 nitrogen and oxygen atoms in total. The number of methoxy groups -OCH3 is 1. The molecule has 6 heteroatoms. The number of nitrogens with zero attached hydrogens (tertiary/aromatic N) is 1. The lowest BCUT2D eigenvalue weighted by Gasteiger charge is -2.26. The fourth-order valence-electron chi connectivity index (χ4n) is 2.85. The first kappa shape index (κ1) is 19.5. The normalized spacial score (nSPS) is 16.2. The first-order valence-electron chi connectivity index (χ1n) is 9.15. The summed E-state index contributed by atoms with van der Waals surface area (Å²) >= 11 is 0. The van der Waals surface area contributed by atoms with Crippen LogP contribution in [0.4, 0.5) is 4.79 Å². The molecule has 1 aliphatic rings. The van der Waals surface area contributed by atoms with Gasteiger partial charge in [-0.05, 0) is 50.4 Å². The summed E-state index contributed by atoms with van der Waals surface area (Å²) < 4.78 is 10.5. The van der Waals surface area contributed by atoms with Crippen LogP contribution < -0.4 is 15.4 Å². The minimum absolute atomic E-state index is 0.0794. The van der Waals surface area contributed by atoms with Crippen molar-refractivity contribution in [3.05, 3.63) is 29.8 Å². The van der Waals surface area contributed by atoms with E-state index in [1.807, 2.05) is 19.1 Å². The van der Waals surface area contributed by atoms with Gasteiger partial charge in [0.1, 0.15) is 5.75 Å². The van der Waals surface area contributed by atoms with E-state index in [1.165, 1.54) is 5.56 Å². The zero-order valence-corrected chi connectivity index (χ0v) is 15.4. The lowest BCUT2D eigenvalue weighted by atomic mass is 10.1. The summed E-state index contributed by atoms with van der Waals surface area (Å²) in [6.07, 6.45) is 2.81. The van der Waals surface area contributed by atoms with Crippen molar-refractivity contribution in [1.29, 1.82) is 0 Å². The van der Waals surface area contributed by atoms with Gasteiger partial charge >= 0.3 is 6.03 Å². The molecular weight excluding hydrogens is 318 g/mol. The lowest BCUT2D eigenvalue weighted by molar-refractivity contribution is 0.0375. The fourth-order valence-corrected chi connectivity index (χ4v) is 2.85. The van der Waals surface area contributed by atoms with Gasteiger partial charge in [-0.2, -0.15) is 0 Å². The second-order valence-electron chi connectivity index (χ2n) is 6.50. The van der Waals surface area contributed by atoms with Crippen LogP contribution in [0.15, 0.2) is 24.3 Å². The predicted octanol–water partition coefficient (Wildman–Crippen LogP) is 2.04. The van der Waals surface area contributed by atoms with Crippen LogP contribution in [-0.2, 0) is 11.2 Å². The number of amides is 2. The number of hydrogen-bond acceptors (Lipinski definition) is 4. The Morgan fingerprint density at radius 2 is 2.00 bits per heavy atom. The number of nitrogens with one attached hydrogen (secondary N) is 2. The first-order valence-corrected chi connectivity index (χ1v) is 9.15. The highest BCUT2D eigenvalue weighted by Crippen LogP contribution is 2.13. The van der Waals surface area contributed by atoms with Crippen molar-refractivity contribution in [2.24, 2.45) is 0 Å². The number of ether oxygens (including phenoxy) is 2. The minimum atomic E-state index is -0.0794. The maximum atomic E-state index is 11.9. The summed E-state index contributed by atoms with van der Waals surface area (Å²) in [6, 6.07) is 8.13. The summed E-state index contributed by atoms with van der Waals surface area (Å²) in [5.41, 5.74) is 1.25. The van der Waals surface area contributed by atoms with Gasteiger partial charge in [-0.3, -0.25) is 4.90 Å². The molecule has 1 saturated heterocycles. The van der Waals surface area contributed by atoms with E-state index in [4.69, 9.17) is 9.47 Å². The van der Waals surface area contributed by atoms with E-state index in [1.54, 1.807) is 7.11 Å². The van der Waals surface area contributed by atoms with Gasteiger partial charge in [0.25, 0.3) is 0 Å². The summed E-state index contributed by atoms with van der Waals surface area (Å²) in [4.78, 5) is 14.3. The summed E-state index contributed by atoms with van der Waals surface area (Å²) in [5.74, 6) is 0.867. The zero-order valence-electron chi connectivity index (χ0n) is 15.4. The third-order valence-corrected chi connectivity index (χ3v) is 4.44. The van der Waals surface area contributed by atoms with Crippen molar-refractivity contribution in [2.45, 2.75) is 32.2 Å². The standard InChI is InChI=1S/C19H31N3O3/c1-16(4-5-17-6-8-18(24-2)9-7-17)21-19(23)20-10-3-11-22-12-14-25-15-13-22/h6-9,16H,3-5,10-15H2,1-2H3,(H2,20,21,23). The van der Waals surface area contributed by atoms with Crippen molar-refractivity contribution >= 4 is 6.03 Å². The van der Waals surface area contributed by atoms with Crippen LogP contribution in [0.25, 0.3) is 0 Å². The maximum absolute atomic E-state index is 11.9. The van der Waals surface area contributed by atoms with Crippen molar-refractivity contribution in [3.63, 3.8) is 0 Å². The molecule has 140 valence electrons. The molecular formula is C19H31N3O3. The molecule has 0 spiro atoms. The molecule has 25 heavy (non-hydrogen) atoms. The topological polar surface area (TPSA) is 62.8 Å². The van der Waals surface area contributed by atoms with E-state index in [9.17, 15) is 4.79 Å². The summed E-state index contributed by atoms with van der Waals surface area (Å²) in [5, 5.41) is 5.94. The van der Waals surface area contributed by atoms with Crippen LogP contribution in [0.1, 0.15) is 25.3 Å². The average Bonchev–Trinajstić information content (AvgIpc) is 2.65. The molecule has 0 aliphatic carbocycles. The molecule has 1 aromatic rings. The largest absolute Gasteiger partial charge is 0.497 e. The Morgan fingerprint density at radius 1 is 1.28 bits per heavy atom. The minimum Gasteiger partial charge on any atom is -0.497 e. The molecule has 0 radical (unpaired) electrons. The van der Waals surface area contributed by atoms with Crippen molar-refractivity contribution in [2.75, 3.05) is 46.5 Å². The number of benzene rings is 1. The Bertz CT molecular complexity index is 501. The molecule has 1 aliphatic heterocycles. The molecule has 1 unspecified atom stereocenters. The molecule has 0 aromatic heterocycles. The molecule has 2 rings (SSSR count). The smallest absolute Gasteiger partial charge is 0.314 e. The highest BCUT2D eigenvalue weighted by Gasteiger charge is 2.10. The Labute approximate surface area is 150 Å². The van der Waals surface area contributed by atoms with E-state index in [2.05, 4.69) is 27.7 Å². The van der Waals surface area contributed by atoms with Crippen molar-refractivity contribution in [1.82, 2.24) is 15.5 Å². The van der Waals surface area contributed by atoms with Gasteiger partial charge in [0, 0.05) is 25.7 Å². The number of carbonyl (C=O) groups excluding carboxylic acids is 1. The van der Waals surface area contributed by atoms with E-state index >= 15 is 0 Å². The fraction of sp³-hybridized carbons (Fsp3) is 0.632. The van der Waals surface area contributed by atoms with Gasteiger partial charge in [0.05, 0.1) is 20.3 Å². The number of hydrogen-bond donors (Lipinski definition) is 2. The number of aryl methyl sites for hydroxylation is 1. The van der Waals surface area contributed by atoms with E-state index in [-0.39, 0.29) is 12.1 Å². The monoisotopic (exact) mass is 349 g/mol. The Balaban J connectivity index is 1.54. The molecule has 2 N–H and O–H groups in total. The van der Waals surface area contributed by atoms with Gasteiger partial charge in [0.15, 0.2) is 0 Å². The van der Waals surface area contributed by atoms with Crippen LogP contribution in [0.5, 0.6) is 5.75 Å². The van der Waals surface area contributed by atoms with Crippen LogP contribution in [0.2, 0.25) is 0 Å².